The molecule has 124 valence electrons. The molecule has 1 aromatic carbocycles. The van der Waals surface area contributed by atoms with Crippen molar-refractivity contribution in [3.05, 3.63) is 29.3 Å². The second kappa shape index (κ2) is 6.59. The van der Waals surface area contributed by atoms with Crippen molar-refractivity contribution >= 4 is 0 Å². The predicted octanol–water partition coefficient (Wildman–Crippen LogP) is 3.94. The number of aromatic hydroxyl groups is 1. The van der Waals surface area contributed by atoms with E-state index in [9.17, 15) is 5.11 Å². The number of morpholine rings is 1. The van der Waals surface area contributed by atoms with Crippen LogP contribution in [-0.4, -0.2) is 36.3 Å². The molecule has 0 aliphatic carbocycles. The van der Waals surface area contributed by atoms with Crippen LogP contribution in [0.5, 0.6) is 5.75 Å². The number of benzene rings is 1. The number of ether oxygens (including phenoxy) is 1. The van der Waals surface area contributed by atoms with Gasteiger partial charge in [-0.2, -0.15) is 0 Å². The molecule has 1 aromatic rings. The number of hydrogen-bond donors (Lipinski definition) is 1. The van der Waals surface area contributed by atoms with E-state index in [4.69, 9.17) is 4.74 Å². The van der Waals surface area contributed by atoms with Crippen LogP contribution in [0.25, 0.3) is 0 Å². The SMILES string of the molecule is CC(C)(C)CC(C)(C)c1ccc(O)c(CN2CCOCC2)c1. The van der Waals surface area contributed by atoms with Crippen molar-refractivity contribution in [2.45, 2.75) is 53.0 Å². The molecule has 0 saturated carbocycles. The molecular formula is C19H31NO2. The van der Waals surface area contributed by atoms with Gasteiger partial charge in [0.2, 0.25) is 0 Å². The van der Waals surface area contributed by atoms with Gasteiger partial charge < -0.3 is 9.84 Å². The van der Waals surface area contributed by atoms with E-state index in [1.54, 1.807) is 0 Å². The van der Waals surface area contributed by atoms with Crippen LogP contribution in [0.15, 0.2) is 18.2 Å². The van der Waals surface area contributed by atoms with Crippen molar-refractivity contribution in [3.8, 4) is 5.75 Å². The molecule has 3 heteroatoms. The van der Waals surface area contributed by atoms with Crippen LogP contribution < -0.4 is 0 Å². The molecule has 1 aliphatic heterocycles. The first-order valence-corrected chi connectivity index (χ1v) is 8.30. The van der Waals surface area contributed by atoms with Crippen LogP contribution in [0.1, 0.15) is 52.2 Å². The van der Waals surface area contributed by atoms with Crippen LogP contribution in [0.2, 0.25) is 0 Å². The van der Waals surface area contributed by atoms with Gasteiger partial charge in [0.25, 0.3) is 0 Å². The van der Waals surface area contributed by atoms with Crippen molar-refractivity contribution in [2.24, 2.45) is 5.41 Å². The molecule has 0 spiro atoms. The van der Waals surface area contributed by atoms with Crippen molar-refractivity contribution < 1.29 is 9.84 Å². The minimum absolute atomic E-state index is 0.103. The quantitative estimate of drug-likeness (QED) is 0.914. The molecule has 0 amide bonds. The molecule has 0 bridgehead atoms. The maximum atomic E-state index is 10.2. The Morgan fingerprint density at radius 3 is 2.32 bits per heavy atom. The third-order valence-electron chi connectivity index (χ3n) is 4.33. The molecule has 0 aromatic heterocycles. The molecule has 3 nitrogen and oxygen atoms in total. The number of phenolic OH excluding ortho intramolecular Hbond substituents is 1. The standard InChI is InChI=1S/C19H31NO2/c1-18(2,3)14-19(4,5)16-6-7-17(21)15(12-16)13-20-8-10-22-11-9-20/h6-7,12,21H,8-11,13-14H2,1-5H3. The van der Waals surface area contributed by atoms with Gasteiger partial charge >= 0.3 is 0 Å². The molecule has 2 rings (SSSR count). The Balaban J connectivity index is 2.18. The third kappa shape index (κ3) is 4.72. The van der Waals surface area contributed by atoms with Gasteiger partial charge in [0.1, 0.15) is 5.75 Å². The predicted molar refractivity (Wildman–Crippen MR) is 91.3 cm³/mol. The molecule has 1 fully saturated rings. The van der Waals surface area contributed by atoms with Gasteiger partial charge in [-0.1, -0.05) is 46.8 Å². The highest BCUT2D eigenvalue weighted by Gasteiger charge is 2.28. The normalized spacial score (nSPS) is 17.7. The lowest BCUT2D eigenvalue weighted by Crippen LogP contribution is -2.35. The summed E-state index contributed by atoms with van der Waals surface area (Å²) in [6, 6.07) is 6.12. The van der Waals surface area contributed by atoms with Crippen LogP contribution >= 0.6 is 0 Å². The largest absolute Gasteiger partial charge is 0.508 e. The molecule has 1 heterocycles. The summed E-state index contributed by atoms with van der Waals surface area (Å²) < 4.78 is 5.40. The Labute approximate surface area is 135 Å². The van der Waals surface area contributed by atoms with Crippen molar-refractivity contribution in [3.63, 3.8) is 0 Å². The number of hydrogen-bond acceptors (Lipinski definition) is 3. The number of nitrogens with zero attached hydrogens (tertiary/aromatic N) is 1. The topological polar surface area (TPSA) is 32.7 Å². The zero-order valence-corrected chi connectivity index (χ0v) is 14.8. The van der Waals surface area contributed by atoms with Crippen LogP contribution in [0.4, 0.5) is 0 Å². The zero-order chi connectivity index (χ0) is 16.4. The highest BCUT2D eigenvalue weighted by atomic mass is 16.5. The zero-order valence-electron chi connectivity index (χ0n) is 14.8. The Kier molecular flexibility index (Phi) is 5.18. The Hall–Kier alpha value is -1.06. The summed E-state index contributed by atoms with van der Waals surface area (Å²) in [5, 5.41) is 10.2. The van der Waals surface area contributed by atoms with Gasteiger partial charge in [0.15, 0.2) is 0 Å². The van der Waals surface area contributed by atoms with Crippen LogP contribution in [0, 0.1) is 5.41 Å². The van der Waals surface area contributed by atoms with E-state index >= 15 is 0 Å². The molecular weight excluding hydrogens is 274 g/mol. The summed E-state index contributed by atoms with van der Waals surface area (Å²) in [5.74, 6) is 0.404. The average molecular weight is 305 g/mol. The average Bonchev–Trinajstić information content (AvgIpc) is 2.39. The highest BCUT2D eigenvalue weighted by Crippen LogP contribution is 2.37. The molecule has 0 atom stereocenters. The van der Waals surface area contributed by atoms with Crippen molar-refractivity contribution in [1.29, 1.82) is 0 Å². The molecule has 0 radical (unpaired) electrons. The van der Waals surface area contributed by atoms with E-state index in [0.29, 0.717) is 5.75 Å². The summed E-state index contributed by atoms with van der Waals surface area (Å²) in [4.78, 5) is 2.35. The lowest BCUT2D eigenvalue weighted by atomic mass is 9.72. The lowest BCUT2D eigenvalue weighted by molar-refractivity contribution is 0.0338. The highest BCUT2D eigenvalue weighted by molar-refractivity contribution is 5.39. The van der Waals surface area contributed by atoms with Gasteiger partial charge in [-0.3, -0.25) is 4.90 Å². The van der Waals surface area contributed by atoms with E-state index < -0.39 is 0 Å². The van der Waals surface area contributed by atoms with E-state index in [0.717, 1.165) is 44.8 Å². The molecule has 1 N–H and O–H groups in total. The monoisotopic (exact) mass is 305 g/mol. The lowest BCUT2D eigenvalue weighted by Gasteiger charge is -2.34. The Morgan fingerprint density at radius 2 is 1.73 bits per heavy atom. The van der Waals surface area contributed by atoms with Crippen LogP contribution in [0.3, 0.4) is 0 Å². The molecule has 1 aliphatic rings. The van der Waals surface area contributed by atoms with Gasteiger partial charge in [-0.15, -0.1) is 0 Å². The maximum absolute atomic E-state index is 10.2. The van der Waals surface area contributed by atoms with E-state index in [-0.39, 0.29) is 10.8 Å². The van der Waals surface area contributed by atoms with E-state index in [1.807, 2.05) is 6.07 Å². The first-order chi connectivity index (χ1) is 10.2. The smallest absolute Gasteiger partial charge is 0.120 e. The number of rotatable bonds is 4. The second-order valence-electron chi connectivity index (χ2n) is 8.35. The van der Waals surface area contributed by atoms with E-state index in [1.165, 1.54) is 5.56 Å². The first-order valence-electron chi connectivity index (χ1n) is 8.30. The minimum Gasteiger partial charge on any atom is -0.508 e. The maximum Gasteiger partial charge on any atom is 0.120 e. The first kappa shape index (κ1) is 17.3. The van der Waals surface area contributed by atoms with Gasteiger partial charge in [0.05, 0.1) is 13.2 Å². The summed E-state index contributed by atoms with van der Waals surface area (Å²) in [6.45, 7) is 15.7. The van der Waals surface area contributed by atoms with E-state index in [2.05, 4.69) is 51.7 Å². The van der Waals surface area contributed by atoms with Gasteiger partial charge in [0, 0.05) is 25.2 Å². The third-order valence-corrected chi connectivity index (χ3v) is 4.33. The second-order valence-corrected chi connectivity index (χ2v) is 8.35. The van der Waals surface area contributed by atoms with Crippen molar-refractivity contribution in [2.75, 3.05) is 26.3 Å². The number of phenols is 1. The van der Waals surface area contributed by atoms with Gasteiger partial charge in [-0.05, 0) is 28.9 Å². The minimum atomic E-state index is 0.103. The fraction of sp³-hybridized carbons (Fsp3) is 0.684. The summed E-state index contributed by atoms with van der Waals surface area (Å²) >= 11 is 0. The van der Waals surface area contributed by atoms with Crippen LogP contribution in [-0.2, 0) is 16.7 Å². The summed E-state index contributed by atoms with van der Waals surface area (Å²) in [5.41, 5.74) is 2.72. The Bertz CT molecular complexity index is 497. The summed E-state index contributed by atoms with van der Waals surface area (Å²) in [7, 11) is 0. The Morgan fingerprint density at radius 1 is 1.09 bits per heavy atom. The fourth-order valence-corrected chi connectivity index (χ4v) is 3.56. The van der Waals surface area contributed by atoms with Crippen molar-refractivity contribution in [1.82, 2.24) is 4.90 Å². The molecule has 22 heavy (non-hydrogen) atoms. The van der Waals surface area contributed by atoms with Gasteiger partial charge in [-0.25, -0.2) is 0 Å². The fourth-order valence-electron chi connectivity index (χ4n) is 3.56. The summed E-state index contributed by atoms with van der Waals surface area (Å²) in [6.07, 6.45) is 1.11. The molecule has 0 unspecified atom stereocenters. The molecule has 1 saturated heterocycles.